The number of ether oxygens (including phenoxy) is 3. The van der Waals surface area contributed by atoms with Gasteiger partial charge in [0.1, 0.15) is 17.2 Å². The molecule has 0 aliphatic carbocycles. The maximum absolute atomic E-state index is 12.2. The van der Waals surface area contributed by atoms with E-state index in [1.54, 1.807) is 19.1 Å². The Morgan fingerprint density at radius 3 is 2.19 bits per heavy atom. The molecular formula is C23H26ClF3O5. The van der Waals surface area contributed by atoms with E-state index in [0.717, 1.165) is 5.56 Å². The van der Waals surface area contributed by atoms with Gasteiger partial charge >= 0.3 is 12.1 Å². The molecule has 0 heterocycles. The highest BCUT2D eigenvalue weighted by molar-refractivity contribution is 6.32. The molecule has 0 spiro atoms. The minimum Gasteiger partial charge on any atom is -0.493 e. The number of hydrogen-bond acceptors (Lipinski definition) is 4. The van der Waals surface area contributed by atoms with Crippen molar-refractivity contribution < 1.29 is 37.3 Å². The first-order valence-corrected chi connectivity index (χ1v) is 10.5. The van der Waals surface area contributed by atoms with Crippen molar-refractivity contribution in [2.45, 2.75) is 39.3 Å². The Labute approximate surface area is 190 Å². The normalized spacial score (nSPS) is 13.3. The summed E-state index contributed by atoms with van der Waals surface area (Å²) < 4.78 is 52.4. The maximum atomic E-state index is 12.2. The Bertz CT molecular complexity index is 886. The van der Waals surface area contributed by atoms with Gasteiger partial charge in [-0.25, -0.2) is 0 Å². The minimum absolute atomic E-state index is 0.00839. The van der Waals surface area contributed by atoms with Gasteiger partial charge in [0.2, 0.25) is 0 Å². The Hall–Kier alpha value is -2.61. The quantitative estimate of drug-likeness (QED) is 0.372. The molecule has 0 aliphatic heterocycles. The summed E-state index contributed by atoms with van der Waals surface area (Å²) in [5, 5.41) is 9.54. The van der Waals surface area contributed by atoms with Gasteiger partial charge in [0.15, 0.2) is 6.61 Å². The third-order valence-corrected chi connectivity index (χ3v) is 5.23. The summed E-state index contributed by atoms with van der Waals surface area (Å²) in [5.41, 5.74) is 0.119. The molecule has 1 atom stereocenters. The molecule has 176 valence electrons. The van der Waals surface area contributed by atoms with Gasteiger partial charge in [-0.1, -0.05) is 30.7 Å². The average molecular weight is 475 g/mol. The summed E-state index contributed by atoms with van der Waals surface area (Å²) >= 11 is 6.02. The van der Waals surface area contributed by atoms with Crippen molar-refractivity contribution in [1.29, 1.82) is 0 Å². The zero-order valence-corrected chi connectivity index (χ0v) is 18.6. The molecule has 0 aliphatic rings. The lowest BCUT2D eigenvalue weighted by atomic mass is 9.81. The highest BCUT2D eigenvalue weighted by Gasteiger charge is 2.31. The van der Waals surface area contributed by atoms with Crippen molar-refractivity contribution in [1.82, 2.24) is 0 Å². The monoisotopic (exact) mass is 474 g/mol. The van der Waals surface area contributed by atoms with Crippen LogP contribution in [-0.4, -0.2) is 37.1 Å². The molecule has 2 rings (SSSR count). The molecule has 0 saturated heterocycles. The standard InChI is InChI=1S/C23H26ClF3O5/c1-3-22(2,21(28)29)14-16-5-7-17(8-6-16)30-11-4-12-31-20-10-9-18(13-19(20)24)32-15-23(25,26)27/h5-10,13H,3-4,11-12,14-15H2,1-2H3,(H,28,29)/t22-/m0/s1. The van der Waals surface area contributed by atoms with Crippen molar-refractivity contribution in [3.63, 3.8) is 0 Å². The summed E-state index contributed by atoms with van der Waals surface area (Å²) in [7, 11) is 0. The van der Waals surface area contributed by atoms with Crippen LogP contribution in [0.15, 0.2) is 42.5 Å². The summed E-state index contributed by atoms with van der Waals surface area (Å²) in [6.45, 7) is 2.88. The van der Waals surface area contributed by atoms with E-state index in [1.165, 1.54) is 18.2 Å². The minimum atomic E-state index is -4.42. The number of benzene rings is 2. The van der Waals surface area contributed by atoms with Crippen LogP contribution in [0.25, 0.3) is 0 Å². The number of carboxylic acid groups (broad SMARTS) is 1. The second kappa shape index (κ2) is 11.3. The van der Waals surface area contributed by atoms with Crippen molar-refractivity contribution in [2.75, 3.05) is 19.8 Å². The molecule has 1 N–H and O–H groups in total. The van der Waals surface area contributed by atoms with Crippen LogP contribution in [0.4, 0.5) is 13.2 Å². The molecule has 32 heavy (non-hydrogen) atoms. The summed E-state index contributed by atoms with van der Waals surface area (Å²) in [4.78, 5) is 11.4. The van der Waals surface area contributed by atoms with E-state index in [4.69, 9.17) is 21.1 Å². The fraction of sp³-hybridized carbons (Fsp3) is 0.435. The second-order valence-electron chi connectivity index (χ2n) is 7.59. The Balaban J connectivity index is 1.74. The predicted octanol–water partition coefficient (Wildman–Crippen LogP) is 6.17. The predicted molar refractivity (Wildman–Crippen MR) is 115 cm³/mol. The second-order valence-corrected chi connectivity index (χ2v) is 7.99. The molecule has 2 aromatic rings. The molecule has 2 aromatic carbocycles. The number of alkyl halides is 3. The lowest BCUT2D eigenvalue weighted by molar-refractivity contribution is -0.153. The van der Waals surface area contributed by atoms with Crippen LogP contribution in [0.1, 0.15) is 32.3 Å². The lowest BCUT2D eigenvalue weighted by Gasteiger charge is -2.23. The zero-order valence-electron chi connectivity index (χ0n) is 17.9. The third-order valence-electron chi connectivity index (χ3n) is 4.94. The van der Waals surface area contributed by atoms with Gasteiger partial charge in [-0.05, 0) is 49.6 Å². The van der Waals surface area contributed by atoms with Crippen LogP contribution >= 0.6 is 11.6 Å². The SMILES string of the molecule is CC[C@@](C)(Cc1ccc(OCCCOc2ccc(OCC(F)(F)F)cc2Cl)cc1)C(=O)O. The molecule has 0 radical (unpaired) electrons. The van der Waals surface area contributed by atoms with Gasteiger partial charge < -0.3 is 19.3 Å². The van der Waals surface area contributed by atoms with Crippen molar-refractivity contribution >= 4 is 17.6 Å². The first-order valence-electron chi connectivity index (χ1n) is 10.1. The number of carbonyl (C=O) groups is 1. The van der Waals surface area contributed by atoms with E-state index in [2.05, 4.69) is 4.74 Å². The largest absolute Gasteiger partial charge is 0.493 e. The van der Waals surface area contributed by atoms with Crippen LogP contribution in [0.3, 0.4) is 0 Å². The smallest absolute Gasteiger partial charge is 0.422 e. The van der Waals surface area contributed by atoms with Crippen molar-refractivity contribution in [3.8, 4) is 17.2 Å². The van der Waals surface area contributed by atoms with Crippen LogP contribution in [0.5, 0.6) is 17.2 Å². The van der Waals surface area contributed by atoms with Gasteiger partial charge in [0.05, 0.1) is 23.7 Å². The fourth-order valence-corrected chi connectivity index (χ4v) is 3.02. The molecule has 0 saturated carbocycles. The molecule has 0 aromatic heterocycles. The lowest BCUT2D eigenvalue weighted by Crippen LogP contribution is -2.29. The van der Waals surface area contributed by atoms with Gasteiger partial charge in [-0.2, -0.15) is 13.2 Å². The van der Waals surface area contributed by atoms with Crippen LogP contribution < -0.4 is 14.2 Å². The zero-order chi connectivity index (χ0) is 23.8. The molecule has 9 heteroatoms. The number of carboxylic acids is 1. The van der Waals surface area contributed by atoms with Gasteiger partial charge in [0.25, 0.3) is 0 Å². The number of halogens is 4. The highest BCUT2D eigenvalue weighted by Crippen LogP contribution is 2.30. The Morgan fingerprint density at radius 2 is 1.62 bits per heavy atom. The first-order chi connectivity index (χ1) is 15.0. The third kappa shape index (κ3) is 8.15. The maximum Gasteiger partial charge on any atom is 0.422 e. The number of hydrogen-bond donors (Lipinski definition) is 1. The summed E-state index contributed by atoms with van der Waals surface area (Å²) in [6, 6.07) is 11.4. The Morgan fingerprint density at radius 1 is 1.00 bits per heavy atom. The molecule has 0 unspecified atom stereocenters. The first kappa shape index (κ1) is 25.6. The Kier molecular flexibility index (Phi) is 9.07. The van der Waals surface area contributed by atoms with E-state index in [9.17, 15) is 23.1 Å². The van der Waals surface area contributed by atoms with Crippen molar-refractivity contribution in [2.24, 2.45) is 5.41 Å². The van der Waals surface area contributed by atoms with Gasteiger partial charge in [0, 0.05) is 12.5 Å². The van der Waals surface area contributed by atoms with Gasteiger partial charge in [-0.15, -0.1) is 0 Å². The highest BCUT2D eigenvalue weighted by atomic mass is 35.5. The molecule has 0 amide bonds. The van der Waals surface area contributed by atoms with E-state index in [1.807, 2.05) is 19.1 Å². The van der Waals surface area contributed by atoms with Gasteiger partial charge in [-0.3, -0.25) is 4.79 Å². The average Bonchev–Trinajstić information content (AvgIpc) is 2.73. The molecular weight excluding hydrogens is 449 g/mol. The fourth-order valence-electron chi connectivity index (χ4n) is 2.79. The van der Waals surface area contributed by atoms with E-state index in [0.29, 0.717) is 44.0 Å². The van der Waals surface area contributed by atoms with Crippen LogP contribution in [-0.2, 0) is 11.2 Å². The van der Waals surface area contributed by atoms with E-state index in [-0.39, 0.29) is 10.8 Å². The van der Waals surface area contributed by atoms with Crippen LogP contribution in [0, 0.1) is 5.41 Å². The van der Waals surface area contributed by atoms with E-state index < -0.39 is 24.2 Å². The number of rotatable bonds is 12. The molecule has 0 fully saturated rings. The molecule has 5 nitrogen and oxygen atoms in total. The van der Waals surface area contributed by atoms with Crippen LogP contribution in [0.2, 0.25) is 5.02 Å². The summed E-state index contributed by atoms with van der Waals surface area (Å²) in [6.07, 6.45) is -2.89. The molecule has 0 bridgehead atoms. The number of aliphatic carboxylic acids is 1. The topological polar surface area (TPSA) is 65.0 Å². The van der Waals surface area contributed by atoms with E-state index >= 15 is 0 Å². The van der Waals surface area contributed by atoms with Crippen molar-refractivity contribution in [3.05, 3.63) is 53.1 Å². The summed E-state index contributed by atoms with van der Waals surface area (Å²) in [5.74, 6) is 0.192.